The number of benzene rings is 2. The molecule has 1 aliphatic heterocycles. The van der Waals surface area contributed by atoms with E-state index in [1.807, 2.05) is 19.2 Å². The zero-order valence-corrected chi connectivity index (χ0v) is 13.9. The molecule has 2 aromatic carbocycles. The number of likely N-dealkylation sites (N-methyl/N-ethyl adjacent to an activating group) is 1. The quantitative estimate of drug-likeness (QED) is 0.663. The number of fused-ring (bicyclic) bond motifs is 1. The van der Waals surface area contributed by atoms with E-state index in [0.717, 1.165) is 18.7 Å². The minimum absolute atomic E-state index is 0.123. The predicted molar refractivity (Wildman–Crippen MR) is 92.8 cm³/mol. The van der Waals surface area contributed by atoms with E-state index in [2.05, 4.69) is 9.62 Å². The van der Waals surface area contributed by atoms with Crippen LogP contribution in [0.25, 0.3) is 0 Å². The molecule has 0 unspecified atom stereocenters. The van der Waals surface area contributed by atoms with Crippen molar-refractivity contribution in [1.82, 2.24) is 0 Å². The molecule has 0 bridgehead atoms. The Morgan fingerprint density at radius 2 is 2.04 bits per heavy atom. The van der Waals surface area contributed by atoms with Crippen LogP contribution < -0.4 is 9.62 Å². The molecule has 0 saturated heterocycles. The number of hydrogen-bond donors (Lipinski definition) is 1. The van der Waals surface area contributed by atoms with Gasteiger partial charge < -0.3 is 4.90 Å². The third kappa shape index (κ3) is 3.48. The van der Waals surface area contributed by atoms with Crippen molar-refractivity contribution in [2.24, 2.45) is 0 Å². The maximum absolute atomic E-state index is 12.3. The molecule has 3 rings (SSSR count). The van der Waals surface area contributed by atoms with Crippen LogP contribution >= 0.6 is 0 Å². The van der Waals surface area contributed by atoms with Gasteiger partial charge in [-0.15, -0.1) is 0 Å². The van der Waals surface area contributed by atoms with Crippen molar-refractivity contribution in [3.05, 3.63) is 63.7 Å². The highest BCUT2D eigenvalue weighted by atomic mass is 32.2. The average molecular weight is 347 g/mol. The number of sulfonamides is 1. The van der Waals surface area contributed by atoms with Gasteiger partial charge in [-0.05, 0) is 29.7 Å². The molecule has 0 saturated carbocycles. The SMILES string of the molecule is CN1CCc2ccc(NS(=O)(=O)Cc3cccc([N+](=O)[O-])c3)cc21. The third-order valence-electron chi connectivity index (χ3n) is 3.96. The Morgan fingerprint density at radius 1 is 1.25 bits per heavy atom. The molecule has 1 heterocycles. The summed E-state index contributed by atoms with van der Waals surface area (Å²) in [7, 11) is -1.69. The summed E-state index contributed by atoms with van der Waals surface area (Å²) in [6.07, 6.45) is 0.951. The molecule has 8 heteroatoms. The Balaban J connectivity index is 1.78. The van der Waals surface area contributed by atoms with Gasteiger partial charge in [-0.25, -0.2) is 8.42 Å². The van der Waals surface area contributed by atoms with E-state index in [0.29, 0.717) is 11.3 Å². The Labute approximate surface area is 140 Å². The Kier molecular flexibility index (Phi) is 4.15. The fraction of sp³-hybridized carbons (Fsp3) is 0.250. The first-order valence-corrected chi connectivity index (χ1v) is 9.07. The molecular formula is C16H17N3O4S. The number of nitrogens with zero attached hydrogens (tertiary/aromatic N) is 2. The van der Waals surface area contributed by atoms with Crippen molar-refractivity contribution in [3.63, 3.8) is 0 Å². The summed E-state index contributed by atoms with van der Waals surface area (Å²) < 4.78 is 27.2. The normalized spacial score (nSPS) is 13.6. The molecule has 0 aliphatic carbocycles. The lowest BCUT2D eigenvalue weighted by molar-refractivity contribution is -0.384. The fourth-order valence-electron chi connectivity index (χ4n) is 2.80. The summed E-state index contributed by atoms with van der Waals surface area (Å²) in [6, 6.07) is 11.1. The van der Waals surface area contributed by atoms with Gasteiger partial charge in [0.1, 0.15) is 0 Å². The molecule has 1 aliphatic rings. The van der Waals surface area contributed by atoms with Crippen molar-refractivity contribution in [1.29, 1.82) is 0 Å². The van der Waals surface area contributed by atoms with Crippen LogP contribution in [-0.4, -0.2) is 26.9 Å². The zero-order chi connectivity index (χ0) is 17.3. The molecule has 1 N–H and O–H groups in total. The lowest BCUT2D eigenvalue weighted by Crippen LogP contribution is -2.16. The van der Waals surface area contributed by atoms with E-state index < -0.39 is 14.9 Å². The average Bonchev–Trinajstić information content (AvgIpc) is 2.87. The van der Waals surface area contributed by atoms with E-state index in [1.165, 1.54) is 23.8 Å². The van der Waals surface area contributed by atoms with Crippen LogP contribution in [0.2, 0.25) is 0 Å². The topological polar surface area (TPSA) is 92.6 Å². The van der Waals surface area contributed by atoms with Gasteiger partial charge in [0.25, 0.3) is 5.69 Å². The first-order chi connectivity index (χ1) is 11.3. The lowest BCUT2D eigenvalue weighted by Gasteiger charge is -2.14. The summed E-state index contributed by atoms with van der Waals surface area (Å²) in [5.74, 6) is -0.318. The second-order valence-electron chi connectivity index (χ2n) is 5.80. The summed E-state index contributed by atoms with van der Waals surface area (Å²) in [5, 5.41) is 10.8. The molecule has 0 spiro atoms. The van der Waals surface area contributed by atoms with Gasteiger partial charge in [0.15, 0.2) is 0 Å². The van der Waals surface area contributed by atoms with E-state index in [1.54, 1.807) is 12.1 Å². The number of anilines is 2. The highest BCUT2D eigenvalue weighted by Gasteiger charge is 2.18. The highest BCUT2D eigenvalue weighted by Crippen LogP contribution is 2.30. The number of nitro groups is 1. The molecule has 7 nitrogen and oxygen atoms in total. The Hall–Kier alpha value is -2.61. The van der Waals surface area contributed by atoms with Crippen LogP contribution in [0.5, 0.6) is 0 Å². The predicted octanol–water partition coefficient (Wildman–Crippen LogP) is 2.53. The van der Waals surface area contributed by atoms with Crippen molar-refractivity contribution in [2.75, 3.05) is 23.2 Å². The largest absolute Gasteiger partial charge is 0.374 e. The highest BCUT2D eigenvalue weighted by molar-refractivity contribution is 7.91. The first-order valence-electron chi connectivity index (χ1n) is 7.42. The molecule has 126 valence electrons. The van der Waals surface area contributed by atoms with E-state index >= 15 is 0 Å². The smallest absolute Gasteiger partial charge is 0.269 e. The van der Waals surface area contributed by atoms with Crippen LogP contribution in [0, 0.1) is 10.1 Å². The third-order valence-corrected chi connectivity index (χ3v) is 5.22. The molecule has 0 radical (unpaired) electrons. The fourth-order valence-corrected chi connectivity index (χ4v) is 3.97. The maximum Gasteiger partial charge on any atom is 0.269 e. The molecular weight excluding hydrogens is 330 g/mol. The molecule has 0 amide bonds. The van der Waals surface area contributed by atoms with Crippen LogP contribution in [0.3, 0.4) is 0 Å². The van der Waals surface area contributed by atoms with Gasteiger partial charge in [-0.3, -0.25) is 14.8 Å². The summed E-state index contributed by atoms with van der Waals surface area (Å²) in [5.41, 5.74) is 2.95. The number of nitro benzene ring substituents is 1. The summed E-state index contributed by atoms with van der Waals surface area (Å²) in [4.78, 5) is 12.3. The maximum atomic E-state index is 12.3. The summed E-state index contributed by atoms with van der Waals surface area (Å²) >= 11 is 0. The molecule has 2 aromatic rings. The second kappa shape index (κ2) is 6.12. The van der Waals surface area contributed by atoms with Gasteiger partial charge in [-0.1, -0.05) is 18.2 Å². The Bertz CT molecular complexity index is 896. The van der Waals surface area contributed by atoms with Gasteiger partial charge in [-0.2, -0.15) is 0 Å². The standard InChI is InChI=1S/C16H17N3O4S/c1-18-8-7-13-5-6-14(10-16(13)18)17-24(22,23)11-12-3-2-4-15(9-12)19(20)21/h2-6,9-10,17H,7-8,11H2,1H3. The minimum Gasteiger partial charge on any atom is -0.374 e. The lowest BCUT2D eigenvalue weighted by atomic mass is 10.1. The van der Waals surface area contributed by atoms with E-state index in [4.69, 9.17) is 0 Å². The van der Waals surface area contributed by atoms with Crippen molar-refractivity contribution >= 4 is 27.1 Å². The van der Waals surface area contributed by atoms with Crippen molar-refractivity contribution < 1.29 is 13.3 Å². The van der Waals surface area contributed by atoms with E-state index in [-0.39, 0.29) is 11.4 Å². The van der Waals surface area contributed by atoms with Crippen LogP contribution in [0.4, 0.5) is 17.1 Å². The first kappa shape index (κ1) is 16.3. The number of hydrogen-bond acceptors (Lipinski definition) is 5. The molecule has 0 atom stereocenters. The number of rotatable bonds is 5. The Morgan fingerprint density at radius 3 is 2.79 bits per heavy atom. The number of nitrogens with one attached hydrogen (secondary N) is 1. The van der Waals surface area contributed by atoms with Crippen LogP contribution in [0.15, 0.2) is 42.5 Å². The van der Waals surface area contributed by atoms with Gasteiger partial charge in [0.05, 0.1) is 16.4 Å². The zero-order valence-electron chi connectivity index (χ0n) is 13.1. The molecule has 0 fully saturated rings. The van der Waals surface area contributed by atoms with Gasteiger partial charge in [0.2, 0.25) is 10.0 Å². The van der Waals surface area contributed by atoms with Crippen molar-refractivity contribution in [3.8, 4) is 0 Å². The van der Waals surface area contributed by atoms with Crippen molar-refractivity contribution in [2.45, 2.75) is 12.2 Å². The monoisotopic (exact) mass is 347 g/mol. The van der Waals surface area contributed by atoms with Crippen LogP contribution in [-0.2, 0) is 22.2 Å². The van der Waals surface area contributed by atoms with Gasteiger partial charge in [0, 0.05) is 31.4 Å². The second-order valence-corrected chi connectivity index (χ2v) is 7.53. The molecule has 0 aromatic heterocycles. The minimum atomic E-state index is -3.66. The summed E-state index contributed by atoms with van der Waals surface area (Å²) in [6.45, 7) is 0.916. The van der Waals surface area contributed by atoms with Gasteiger partial charge >= 0.3 is 0 Å². The van der Waals surface area contributed by atoms with E-state index in [9.17, 15) is 18.5 Å². The van der Waals surface area contributed by atoms with Crippen LogP contribution in [0.1, 0.15) is 11.1 Å². The molecule has 24 heavy (non-hydrogen) atoms. The number of non-ortho nitro benzene ring substituents is 1.